The lowest BCUT2D eigenvalue weighted by Crippen LogP contribution is -2.23. The Balaban J connectivity index is 1.56. The van der Waals surface area contributed by atoms with Gasteiger partial charge >= 0.3 is 0 Å². The van der Waals surface area contributed by atoms with Crippen LogP contribution in [0.15, 0.2) is 48.5 Å². The zero-order chi connectivity index (χ0) is 13.9. The molecule has 2 aromatic rings. The first-order valence-corrected chi connectivity index (χ1v) is 6.98. The van der Waals surface area contributed by atoms with Crippen molar-refractivity contribution >= 4 is 11.4 Å². The molecule has 0 amide bonds. The Hall–Kier alpha value is -2.16. The van der Waals surface area contributed by atoms with E-state index in [4.69, 9.17) is 4.74 Å². The molecule has 1 unspecified atom stereocenters. The first-order chi connectivity index (χ1) is 9.72. The Morgan fingerprint density at radius 2 is 1.85 bits per heavy atom. The summed E-state index contributed by atoms with van der Waals surface area (Å²) in [5, 5.41) is 3.44. The van der Waals surface area contributed by atoms with Crippen LogP contribution in [0.25, 0.3) is 0 Å². The molecule has 1 aliphatic rings. The van der Waals surface area contributed by atoms with E-state index in [0.717, 1.165) is 24.4 Å². The second kappa shape index (κ2) is 5.45. The fourth-order valence-corrected chi connectivity index (χ4v) is 2.48. The van der Waals surface area contributed by atoms with Crippen molar-refractivity contribution in [1.29, 1.82) is 0 Å². The SMILES string of the molecule is CN(C)c1ccc(NCC2Cc3ccccc3O2)cc1. The summed E-state index contributed by atoms with van der Waals surface area (Å²) in [5.41, 5.74) is 3.65. The Labute approximate surface area is 120 Å². The third-order valence-corrected chi connectivity index (χ3v) is 3.63. The van der Waals surface area contributed by atoms with Gasteiger partial charge in [-0.15, -0.1) is 0 Å². The predicted octanol–water partition coefficient (Wildman–Crippen LogP) is 3.17. The minimum atomic E-state index is 0.223. The summed E-state index contributed by atoms with van der Waals surface area (Å²) < 4.78 is 5.92. The van der Waals surface area contributed by atoms with Gasteiger partial charge in [0, 0.05) is 31.9 Å². The van der Waals surface area contributed by atoms with E-state index in [-0.39, 0.29) is 6.10 Å². The van der Waals surface area contributed by atoms with Crippen LogP contribution >= 0.6 is 0 Å². The molecule has 0 fully saturated rings. The highest BCUT2D eigenvalue weighted by Gasteiger charge is 2.21. The third-order valence-electron chi connectivity index (χ3n) is 3.63. The second-order valence-corrected chi connectivity index (χ2v) is 5.37. The van der Waals surface area contributed by atoms with E-state index in [0.29, 0.717) is 0 Å². The number of anilines is 2. The van der Waals surface area contributed by atoms with Gasteiger partial charge in [-0.25, -0.2) is 0 Å². The van der Waals surface area contributed by atoms with Gasteiger partial charge in [-0.1, -0.05) is 18.2 Å². The fraction of sp³-hybridized carbons (Fsp3) is 0.294. The first kappa shape index (κ1) is 12.9. The molecule has 1 heterocycles. The van der Waals surface area contributed by atoms with Crippen molar-refractivity contribution in [3.05, 3.63) is 54.1 Å². The number of rotatable bonds is 4. The molecule has 0 bridgehead atoms. The second-order valence-electron chi connectivity index (χ2n) is 5.37. The number of hydrogen-bond acceptors (Lipinski definition) is 3. The molecule has 1 aliphatic heterocycles. The average Bonchev–Trinajstić information content (AvgIpc) is 2.88. The number of fused-ring (bicyclic) bond motifs is 1. The van der Waals surface area contributed by atoms with Crippen LogP contribution in [0.5, 0.6) is 5.75 Å². The first-order valence-electron chi connectivity index (χ1n) is 6.98. The minimum Gasteiger partial charge on any atom is -0.488 e. The molecule has 20 heavy (non-hydrogen) atoms. The van der Waals surface area contributed by atoms with Crippen molar-refractivity contribution in [2.45, 2.75) is 12.5 Å². The molecule has 3 rings (SSSR count). The molecule has 1 atom stereocenters. The normalized spacial score (nSPS) is 16.4. The lowest BCUT2D eigenvalue weighted by molar-refractivity contribution is 0.246. The minimum absolute atomic E-state index is 0.223. The highest BCUT2D eigenvalue weighted by molar-refractivity contribution is 5.54. The van der Waals surface area contributed by atoms with Crippen molar-refractivity contribution in [2.24, 2.45) is 0 Å². The van der Waals surface area contributed by atoms with Crippen LogP contribution < -0.4 is 15.0 Å². The standard InChI is InChI=1S/C17H20N2O/c1-19(2)15-9-7-14(8-10-15)18-12-16-11-13-5-3-4-6-17(13)20-16/h3-10,16,18H,11-12H2,1-2H3. The Kier molecular flexibility index (Phi) is 3.50. The maximum absolute atomic E-state index is 5.92. The van der Waals surface area contributed by atoms with Crippen LogP contribution in [-0.2, 0) is 6.42 Å². The molecular formula is C17H20N2O. The average molecular weight is 268 g/mol. The van der Waals surface area contributed by atoms with Gasteiger partial charge < -0.3 is 15.0 Å². The molecule has 0 aliphatic carbocycles. The summed E-state index contributed by atoms with van der Waals surface area (Å²) in [6, 6.07) is 16.7. The maximum Gasteiger partial charge on any atom is 0.123 e. The predicted molar refractivity (Wildman–Crippen MR) is 83.8 cm³/mol. The molecule has 0 saturated carbocycles. The number of nitrogens with zero attached hydrogens (tertiary/aromatic N) is 1. The molecule has 3 nitrogen and oxygen atoms in total. The maximum atomic E-state index is 5.92. The molecule has 1 N–H and O–H groups in total. The van der Waals surface area contributed by atoms with Gasteiger partial charge in [0.05, 0.1) is 6.54 Å². The van der Waals surface area contributed by atoms with Crippen molar-refractivity contribution in [2.75, 3.05) is 30.9 Å². The molecule has 0 radical (unpaired) electrons. The van der Waals surface area contributed by atoms with Crippen LogP contribution in [0.4, 0.5) is 11.4 Å². The van der Waals surface area contributed by atoms with E-state index in [2.05, 4.69) is 46.6 Å². The van der Waals surface area contributed by atoms with Gasteiger partial charge in [0.1, 0.15) is 11.9 Å². The molecule has 3 heteroatoms. The molecule has 0 saturated heterocycles. The summed E-state index contributed by atoms with van der Waals surface area (Å²) in [4.78, 5) is 2.10. The van der Waals surface area contributed by atoms with Crippen molar-refractivity contribution in [3.8, 4) is 5.75 Å². The van der Waals surface area contributed by atoms with Crippen molar-refractivity contribution in [1.82, 2.24) is 0 Å². The van der Waals surface area contributed by atoms with Crippen LogP contribution in [0.1, 0.15) is 5.56 Å². The van der Waals surface area contributed by atoms with Gasteiger partial charge in [-0.2, -0.15) is 0 Å². The molecule has 2 aromatic carbocycles. The number of benzene rings is 2. The largest absolute Gasteiger partial charge is 0.488 e. The van der Waals surface area contributed by atoms with Gasteiger partial charge in [0.25, 0.3) is 0 Å². The van der Waals surface area contributed by atoms with E-state index in [1.807, 2.05) is 26.2 Å². The summed E-state index contributed by atoms with van der Waals surface area (Å²) in [6.07, 6.45) is 1.21. The van der Waals surface area contributed by atoms with Crippen LogP contribution in [0.2, 0.25) is 0 Å². The lowest BCUT2D eigenvalue weighted by atomic mass is 10.1. The number of hydrogen-bond donors (Lipinski definition) is 1. The van der Waals surface area contributed by atoms with Crippen LogP contribution in [-0.4, -0.2) is 26.7 Å². The van der Waals surface area contributed by atoms with E-state index in [1.54, 1.807) is 0 Å². The number of para-hydroxylation sites is 1. The van der Waals surface area contributed by atoms with Crippen LogP contribution in [0, 0.1) is 0 Å². The van der Waals surface area contributed by atoms with Gasteiger partial charge in [-0.3, -0.25) is 0 Å². The van der Waals surface area contributed by atoms with E-state index in [9.17, 15) is 0 Å². The highest BCUT2D eigenvalue weighted by Crippen LogP contribution is 2.28. The van der Waals surface area contributed by atoms with Gasteiger partial charge in [-0.05, 0) is 35.9 Å². The smallest absolute Gasteiger partial charge is 0.123 e. The lowest BCUT2D eigenvalue weighted by Gasteiger charge is -2.15. The van der Waals surface area contributed by atoms with Crippen molar-refractivity contribution in [3.63, 3.8) is 0 Å². The Morgan fingerprint density at radius 1 is 1.10 bits per heavy atom. The third kappa shape index (κ3) is 2.72. The summed E-state index contributed by atoms with van der Waals surface area (Å²) >= 11 is 0. The molecule has 0 aromatic heterocycles. The van der Waals surface area contributed by atoms with Gasteiger partial charge in [0.2, 0.25) is 0 Å². The molecule has 0 spiro atoms. The highest BCUT2D eigenvalue weighted by atomic mass is 16.5. The van der Waals surface area contributed by atoms with E-state index < -0.39 is 0 Å². The van der Waals surface area contributed by atoms with Gasteiger partial charge in [0.15, 0.2) is 0 Å². The summed E-state index contributed by atoms with van der Waals surface area (Å²) in [6.45, 7) is 0.829. The van der Waals surface area contributed by atoms with E-state index in [1.165, 1.54) is 11.3 Å². The fourth-order valence-electron chi connectivity index (χ4n) is 2.48. The monoisotopic (exact) mass is 268 g/mol. The quantitative estimate of drug-likeness (QED) is 0.921. The van der Waals surface area contributed by atoms with Crippen LogP contribution in [0.3, 0.4) is 0 Å². The zero-order valence-electron chi connectivity index (χ0n) is 12.0. The number of nitrogens with one attached hydrogen (secondary N) is 1. The summed E-state index contributed by atoms with van der Waals surface area (Å²) in [5.74, 6) is 1.03. The Morgan fingerprint density at radius 3 is 2.55 bits per heavy atom. The van der Waals surface area contributed by atoms with Crippen molar-refractivity contribution < 1.29 is 4.74 Å². The molecular weight excluding hydrogens is 248 g/mol. The van der Waals surface area contributed by atoms with E-state index >= 15 is 0 Å². The Bertz CT molecular complexity index is 553. The molecule has 104 valence electrons. The number of ether oxygens (including phenoxy) is 1. The topological polar surface area (TPSA) is 24.5 Å². The summed E-state index contributed by atoms with van der Waals surface area (Å²) in [7, 11) is 4.10. The zero-order valence-corrected chi connectivity index (χ0v) is 12.0.